The molecule has 0 amide bonds. The number of hydrogen-bond acceptors (Lipinski definition) is 26. The third-order valence-corrected chi connectivity index (χ3v) is 30.0. The summed E-state index contributed by atoms with van der Waals surface area (Å²) in [5.41, 5.74) is 43.5. The molecule has 15 aromatic heterocycles. The summed E-state index contributed by atoms with van der Waals surface area (Å²) in [6.07, 6.45) is 7.44. The van der Waals surface area contributed by atoms with E-state index >= 15 is 0 Å². The second-order valence-corrected chi connectivity index (χ2v) is 39.7. The van der Waals surface area contributed by atoms with Crippen LogP contribution in [0.5, 0.6) is 0 Å². The Labute approximate surface area is 720 Å². The molecular formula is C80H84BrCl5N16OS9. The second-order valence-electron chi connectivity index (χ2n) is 27.3. The van der Waals surface area contributed by atoms with Gasteiger partial charge in [0.15, 0.2) is 0 Å². The van der Waals surface area contributed by atoms with Gasteiger partial charge in [0, 0.05) is 125 Å². The molecule has 0 aromatic carbocycles. The summed E-state index contributed by atoms with van der Waals surface area (Å²) >= 11 is 50.4. The summed E-state index contributed by atoms with van der Waals surface area (Å²) in [6, 6.07) is 32.4. The average Bonchev–Trinajstić information content (AvgIpc) is 1.61. The highest BCUT2D eigenvalue weighted by Gasteiger charge is 2.32. The number of hydrogen-bond donors (Lipinski definition) is 10. The van der Waals surface area contributed by atoms with Crippen LogP contribution in [0.4, 0.5) is 28.4 Å². The molecule has 5 atom stereocenters. The topological polar surface area (TPSA) is 292 Å². The van der Waals surface area contributed by atoms with Crippen LogP contribution in [0.1, 0.15) is 131 Å². The molecule has 0 unspecified atom stereocenters. The number of furan rings is 1. The Balaban J connectivity index is 0.000000130. The van der Waals surface area contributed by atoms with Crippen LogP contribution in [0.15, 0.2) is 128 Å². The highest BCUT2D eigenvalue weighted by Crippen LogP contribution is 2.50. The lowest BCUT2D eigenvalue weighted by Crippen LogP contribution is -2.17. The van der Waals surface area contributed by atoms with Gasteiger partial charge in [-0.15, -0.1) is 102 Å². The third kappa shape index (κ3) is 22.1. The molecule has 17 nitrogen and oxygen atoms in total. The standard InChI is InChI=1S/C18H20ClN3OS.C17H18N4S2.C15H15BrClN3S2.C15H15Cl2N3S2.C15H16ClN3S2/c1-10(20)7-14-16(11-4-5-11)17-18(24-14)13(8-15(19)22-17)21-9-12-3-2-6-23-12;1-10(19)6-15-11(2)16-17(23-15)14(7-12(8-18)21-16)20-9-13-4-3-5-22-13;1-8(18)5-11-13(16)14-15(22-11)10(6-12(17)20-14)19-7-9-3-2-4-21-9;1-8(18)5-11-13(17)14-15(22-11)10(6-12(16)20-14)19-7-9-3-2-4-21-9;1-8-13-15(21-14(8)9(2)17)11(6-12(16)19-13)18-7-10-4-3-5-20-10/h2-3,6,8,10-11H,4-5,7,9,20H2,1H3,(H,21,22);3-5,7,10H,6,9,19H2,1-2H3,(H,20,21);2*2-4,6,8H,5,7,18H2,1H3,(H,19,20);3-6,9H,7,17H2,1-2H3,(H,18,19)/t2*10-;2*8-;9-/m00000/s1. The number of nitrogens with one attached hydrogen (secondary N) is 5. The summed E-state index contributed by atoms with van der Waals surface area (Å²) < 4.78 is 12.0. The number of aromatic nitrogens is 5. The highest BCUT2D eigenvalue weighted by atomic mass is 79.9. The van der Waals surface area contributed by atoms with Gasteiger partial charge in [-0.1, -0.05) is 82.3 Å². The van der Waals surface area contributed by atoms with Crippen LogP contribution in [0.3, 0.4) is 0 Å². The van der Waals surface area contributed by atoms with E-state index in [-0.39, 0.29) is 30.2 Å². The van der Waals surface area contributed by atoms with Gasteiger partial charge < -0.3 is 59.7 Å². The van der Waals surface area contributed by atoms with E-state index in [9.17, 15) is 5.26 Å². The van der Waals surface area contributed by atoms with Crippen molar-refractivity contribution in [1.29, 1.82) is 5.26 Å². The van der Waals surface area contributed by atoms with Gasteiger partial charge in [-0.3, -0.25) is 0 Å². The molecule has 112 heavy (non-hydrogen) atoms. The fourth-order valence-electron chi connectivity index (χ4n) is 12.3. The van der Waals surface area contributed by atoms with Crippen LogP contribution >= 0.6 is 176 Å². The van der Waals surface area contributed by atoms with Gasteiger partial charge in [0.1, 0.15) is 43.7 Å². The van der Waals surface area contributed by atoms with Gasteiger partial charge in [-0.2, -0.15) is 5.26 Å². The lowest BCUT2D eigenvalue weighted by molar-refractivity contribution is 0.518. The number of fused-ring (bicyclic) bond motifs is 5. The number of rotatable bonds is 25. The van der Waals surface area contributed by atoms with E-state index in [0.717, 1.165) is 153 Å². The van der Waals surface area contributed by atoms with E-state index < -0.39 is 0 Å². The SMILES string of the molecule is C[C@H](N)Cc1sc2c(NCc3ccco3)cc(Cl)nc2c1C1CC1.C[C@H](N)Cc1sc2c(NCc3cccs3)cc(Cl)nc2c1Br.C[C@H](N)Cc1sc2c(NCc3cccs3)cc(Cl)nc2c1Cl.Cc1c(C[C@H](C)N)sc2c(NCc3cccs3)cc(C#N)nc12.Cc1c([C@H](C)N)sc2c(NCc3cccs3)cc(Cl)nc12. The molecule has 15 heterocycles. The van der Waals surface area contributed by atoms with Crippen molar-refractivity contribution in [2.24, 2.45) is 28.7 Å². The molecule has 0 radical (unpaired) electrons. The Kier molecular flexibility index (Phi) is 30.2. The predicted molar refractivity (Wildman–Crippen MR) is 492 cm³/mol. The quantitative estimate of drug-likeness (QED) is 0.0238. The zero-order valence-electron chi connectivity index (χ0n) is 62.2. The maximum absolute atomic E-state index is 9.26. The van der Waals surface area contributed by atoms with Crippen molar-refractivity contribution < 1.29 is 4.42 Å². The molecule has 0 bridgehead atoms. The number of nitriles is 1. The molecule has 0 aliphatic heterocycles. The molecule has 16 rings (SSSR count). The average molecular weight is 1830 g/mol. The first-order chi connectivity index (χ1) is 53.8. The fraction of sp³-hybridized carbons (Fsp3) is 0.300. The summed E-state index contributed by atoms with van der Waals surface area (Å²) in [5.74, 6) is 1.52. The molecule has 15 N–H and O–H groups in total. The van der Waals surface area contributed by atoms with Gasteiger partial charge in [0.05, 0.1) is 96.3 Å². The molecule has 1 aliphatic carbocycles. The minimum Gasteiger partial charge on any atom is -0.467 e. The summed E-state index contributed by atoms with van der Waals surface area (Å²) in [5, 5.41) is 37.4. The Morgan fingerprint density at radius 3 is 1.30 bits per heavy atom. The molecular weight excluding hydrogens is 1750 g/mol. The number of thiophene rings is 9. The van der Waals surface area contributed by atoms with Gasteiger partial charge in [0.2, 0.25) is 0 Å². The lowest BCUT2D eigenvalue weighted by atomic mass is 10.1. The first kappa shape index (κ1) is 85.2. The van der Waals surface area contributed by atoms with Crippen molar-refractivity contribution in [2.75, 3.05) is 26.6 Å². The lowest BCUT2D eigenvalue weighted by Gasteiger charge is -2.07. The highest BCUT2D eigenvalue weighted by molar-refractivity contribution is 9.10. The normalized spacial score (nSPS) is 13.3. The van der Waals surface area contributed by atoms with Crippen molar-refractivity contribution in [1.82, 2.24) is 24.9 Å². The van der Waals surface area contributed by atoms with Crippen LogP contribution in [0.25, 0.3) is 51.1 Å². The molecule has 1 aliphatic rings. The van der Waals surface area contributed by atoms with Crippen LogP contribution in [-0.2, 0) is 58.4 Å². The zero-order chi connectivity index (χ0) is 79.4. The minimum absolute atomic E-state index is 0.00752. The maximum atomic E-state index is 9.26. The Morgan fingerprint density at radius 2 is 0.848 bits per heavy atom. The smallest absolute Gasteiger partial charge is 0.143 e. The van der Waals surface area contributed by atoms with Crippen LogP contribution in [0.2, 0.25) is 25.6 Å². The summed E-state index contributed by atoms with van der Waals surface area (Å²) in [4.78, 5) is 33.6. The van der Waals surface area contributed by atoms with Gasteiger partial charge in [-0.05, 0) is 190 Å². The molecule has 1 saturated carbocycles. The molecule has 0 spiro atoms. The van der Waals surface area contributed by atoms with E-state index in [1.165, 1.54) is 62.1 Å². The molecule has 15 aromatic rings. The van der Waals surface area contributed by atoms with Crippen molar-refractivity contribution in [2.45, 2.75) is 156 Å². The predicted octanol–water partition coefficient (Wildman–Crippen LogP) is 24.4. The first-order valence-corrected chi connectivity index (χ1v) is 46.3. The fourth-order valence-corrected chi connectivity index (χ4v) is 23.4. The van der Waals surface area contributed by atoms with Gasteiger partial charge >= 0.3 is 0 Å². The van der Waals surface area contributed by atoms with E-state index in [1.807, 2.05) is 82.3 Å². The van der Waals surface area contributed by atoms with Crippen LogP contribution in [-0.4, -0.2) is 49.1 Å². The van der Waals surface area contributed by atoms with E-state index in [4.69, 9.17) is 91.1 Å². The number of pyridine rings is 5. The largest absolute Gasteiger partial charge is 0.467 e. The van der Waals surface area contributed by atoms with Crippen LogP contribution < -0.4 is 55.3 Å². The Hall–Kier alpha value is -6.15. The van der Waals surface area contributed by atoms with Crippen molar-refractivity contribution >= 4 is 255 Å². The van der Waals surface area contributed by atoms with Crippen molar-refractivity contribution in [3.05, 3.63) is 221 Å². The zero-order valence-corrected chi connectivity index (χ0v) is 74.9. The summed E-state index contributed by atoms with van der Waals surface area (Å²) in [6.45, 7) is 17.9. The monoisotopic (exact) mass is 1830 g/mol. The number of anilines is 5. The molecule has 32 heteroatoms. The number of nitrogens with zero attached hydrogens (tertiary/aromatic N) is 6. The number of halogens is 6. The second kappa shape index (κ2) is 39.7. The van der Waals surface area contributed by atoms with Crippen molar-refractivity contribution in [3.8, 4) is 6.07 Å². The molecule has 586 valence electrons. The molecule has 1 fully saturated rings. The number of aryl methyl sites for hydroxylation is 2. The summed E-state index contributed by atoms with van der Waals surface area (Å²) in [7, 11) is 0. The number of nitrogens with two attached hydrogens (primary N) is 5. The Bertz CT molecular complexity index is 5520. The van der Waals surface area contributed by atoms with E-state index in [1.54, 1.807) is 108 Å². The van der Waals surface area contributed by atoms with Crippen LogP contribution in [0, 0.1) is 25.2 Å². The van der Waals surface area contributed by atoms with E-state index in [0.29, 0.717) is 43.8 Å². The minimum atomic E-state index is 0.00752. The van der Waals surface area contributed by atoms with E-state index in [2.05, 4.69) is 152 Å². The third-order valence-electron chi connectivity index (χ3n) is 17.5. The Morgan fingerprint density at radius 1 is 0.464 bits per heavy atom. The van der Waals surface area contributed by atoms with Gasteiger partial charge in [0.25, 0.3) is 0 Å². The van der Waals surface area contributed by atoms with Gasteiger partial charge in [-0.25, -0.2) is 24.9 Å². The maximum Gasteiger partial charge on any atom is 0.143 e. The first-order valence-electron chi connectivity index (χ1n) is 36.0. The molecule has 0 saturated heterocycles. The van der Waals surface area contributed by atoms with Crippen molar-refractivity contribution in [3.63, 3.8) is 0 Å².